The van der Waals surface area contributed by atoms with E-state index in [-0.39, 0.29) is 17.5 Å². The number of Topliss-reactive ketones (excluding diaryl/α,β-unsaturated/α-hetero) is 1. The summed E-state index contributed by atoms with van der Waals surface area (Å²) in [6.07, 6.45) is -5.07. The van der Waals surface area contributed by atoms with Crippen molar-refractivity contribution < 1.29 is 27.5 Å². The van der Waals surface area contributed by atoms with Crippen LogP contribution in [0.5, 0.6) is 0 Å². The molecule has 1 N–H and O–H groups in total. The average Bonchev–Trinajstić information content (AvgIpc) is 3.06. The van der Waals surface area contributed by atoms with Crippen LogP contribution < -0.4 is 5.32 Å². The molecule has 26 heavy (non-hydrogen) atoms. The summed E-state index contributed by atoms with van der Waals surface area (Å²) in [7, 11) is 0. The molecule has 138 valence electrons. The number of benzene rings is 1. The standard InChI is InChI=1S/C16H14F3N3O3S/c1-3-25-13(24)11-8(2)21-15(12(11)23,16(17,18)19)22-14-20-9-6-4-5-7-10(9)26-14/h4-7,11H,3H2,1-2H3,(H,20,22)/t11-,15+/m0/s1. The largest absolute Gasteiger partial charge is 0.465 e. The zero-order valence-electron chi connectivity index (χ0n) is 13.8. The van der Waals surface area contributed by atoms with Gasteiger partial charge in [0, 0.05) is 5.71 Å². The van der Waals surface area contributed by atoms with Gasteiger partial charge in [0.1, 0.15) is 0 Å². The van der Waals surface area contributed by atoms with Gasteiger partial charge in [0.05, 0.1) is 16.8 Å². The Morgan fingerprint density at radius 1 is 1.38 bits per heavy atom. The number of nitrogens with zero attached hydrogens (tertiary/aromatic N) is 2. The second-order valence-electron chi connectivity index (χ2n) is 5.62. The summed E-state index contributed by atoms with van der Waals surface area (Å²) < 4.78 is 46.9. The number of anilines is 1. The molecule has 0 radical (unpaired) electrons. The van der Waals surface area contributed by atoms with E-state index in [1.165, 1.54) is 13.8 Å². The summed E-state index contributed by atoms with van der Waals surface area (Å²) in [5, 5.41) is 2.02. The van der Waals surface area contributed by atoms with Gasteiger partial charge in [0.15, 0.2) is 11.0 Å². The molecule has 1 aromatic carbocycles. The fraction of sp³-hybridized carbons (Fsp3) is 0.375. The molecule has 2 atom stereocenters. The van der Waals surface area contributed by atoms with E-state index in [1.807, 2.05) is 0 Å². The van der Waals surface area contributed by atoms with Crippen LogP contribution in [0.1, 0.15) is 13.8 Å². The highest BCUT2D eigenvalue weighted by atomic mass is 32.1. The molecule has 2 aromatic rings. The van der Waals surface area contributed by atoms with E-state index in [0.717, 1.165) is 11.3 Å². The Morgan fingerprint density at radius 2 is 2.08 bits per heavy atom. The molecular formula is C16H14F3N3O3S. The predicted octanol–water partition coefficient (Wildman–Crippen LogP) is 3.19. The van der Waals surface area contributed by atoms with E-state index in [2.05, 4.69) is 15.3 Å². The third kappa shape index (κ3) is 2.83. The van der Waals surface area contributed by atoms with Gasteiger partial charge in [0.25, 0.3) is 5.66 Å². The number of esters is 1. The van der Waals surface area contributed by atoms with E-state index >= 15 is 0 Å². The van der Waals surface area contributed by atoms with E-state index in [4.69, 9.17) is 4.74 Å². The molecule has 2 heterocycles. The number of alkyl halides is 3. The molecule has 0 saturated carbocycles. The highest BCUT2D eigenvalue weighted by molar-refractivity contribution is 7.22. The Morgan fingerprint density at radius 3 is 2.69 bits per heavy atom. The Bertz CT molecular complexity index is 876. The van der Waals surface area contributed by atoms with Crippen molar-refractivity contribution in [3.8, 4) is 0 Å². The van der Waals surface area contributed by atoms with Crippen LogP contribution in [0, 0.1) is 5.92 Å². The molecule has 0 saturated heterocycles. The topological polar surface area (TPSA) is 80.7 Å². The summed E-state index contributed by atoms with van der Waals surface area (Å²) in [6.45, 7) is 2.65. The minimum Gasteiger partial charge on any atom is -0.465 e. The van der Waals surface area contributed by atoms with Gasteiger partial charge in [-0.05, 0) is 26.0 Å². The second-order valence-corrected chi connectivity index (χ2v) is 6.65. The fourth-order valence-electron chi connectivity index (χ4n) is 2.73. The zero-order chi connectivity index (χ0) is 19.1. The van der Waals surface area contributed by atoms with Crippen molar-refractivity contribution in [1.82, 2.24) is 4.98 Å². The number of aliphatic imine (C=N–C) groups is 1. The lowest BCUT2D eigenvalue weighted by atomic mass is 9.94. The normalized spacial score (nSPS) is 23.2. The Balaban J connectivity index is 2.03. The lowest BCUT2D eigenvalue weighted by Gasteiger charge is -2.28. The maximum atomic E-state index is 13.8. The number of carbonyl (C=O) groups excluding carboxylic acids is 2. The lowest BCUT2D eigenvalue weighted by molar-refractivity contribution is -0.183. The minimum atomic E-state index is -5.07. The quantitative estimate of drug-likeness (QED) is 0.646. The maximum absolute atomic E-state index is 13.8. The molecule has 0 amide bonds. The summed E-state index contributed by atoms with van der Waals surface area (Å²) >= 11 is 0.962. The number of nitrogens with one attached hydrogen (secondary N) is 1. The van der Waals surface area contributed by atoms with E-state index < -0.39 is 29.5 Å². The Hall–Kier alpha value is -2.49. The number of fused-ring (bicyclic) bond motifs is 1. The van der Waals surface area contributed by atoms with Crippen LogP contribution in [0.3, 0.4) is 0 Å². The first kappa shape index (κ1) is 18.3. The molecule has 0 aliphatic carbocycles. The number of ketones is 1. The number of para-hydroxylation sites is 1. The van der Waals surface area contributed by atoms with Gasteiger partial charge in [-0.3, -0.25) is 9.59 Å². The molecule has 1 aromatic heterocycles. The molecule has 0 unspecified atom stereocenters. The van der Waals surface area contributed by atoms with Crippen molar-refractivity contribution in [2.24, 2.45) is 10.9 Å². The highest BCUT2D eigenvalue weighted by Gasteiger charge is 2.67. The smallest absolute Gasteiger partial charge is 0.439 e. The van der Waals surface area contributed by atoms with Crippen molar-refractivity contribution in [3.05, 3.63) is 24.3 Å². The molecular weight excluding hydrogens is 371 g/mol. The molecule has 1 aliphatic heterocycles. The third-order valence-electron chi connectivity index (χ3n) is 3.89. The monoisotopic (exact) mass is 385 g/mol. The van der Waals surface area contributed by atoms with E-state index in [1.54, 1.807) is 24.3 Å². The Kier molecular flexibility index (Phi) is 4.47. The first-order valence-corrected chi connectivity index (χ1v) is 8.49. The van der Waals surface area contributed by atoms with Gasteiger partial charge < -0.3 is 10.1 Å². The predicted molar refractivity (Wildman–Crippen MR) is 90.3 cm³/mol. The number of ether oxygens (including phenoxy) is 1. The third-order valence-corrected chi connectivity index (χ3v) is 4.85. The molecule has 10 heteroatoms. The van der Waals surface area contributed by atoms with Gasteiger partial charge in [0.2, 0.25) is 5.78 Å². The second kappa shape index (κ2) is 6.35. The fourth-order valence-corrected chi connectivity index (χ4v) is 3.65. The van der Waals surface area contributed by atoms with E-state index in [0.29, 0.717) is 10.2 Å². The number of rotatable bonds is 4. The van der Waals surface area contributed by atoms with Crippen LogP contribution in [0.2, 0.25) is 0 Å². The summed E-state index contributed by atoms with van der Waals surface area (Å²) in [5.41, 5.74) is -3.02. The van der Waals surface area contributed by atoms with Crippen LogP contribution in [0.4, 0.5) is 18.3 Å². The van der Waals surface area contributed by atoms with Crippen molar-refractivity contribution in [2.45, 2.75) is 25.7 Å². The SMILES string of the molecule is CCOC(=O)[C@@H]1C(=O)[C@@](Nc2nc3ccccc3s2)(C(F)(F)F)N=C1C. The number of thiazole rings is 1. The number of carbonyl (C=O) groups is 2. The first-order valence-electron chi connectivity index (χ1n) is 7.67. The lowest BCUT2D eigenvalue weighted by Crippen LogP contribution is -2.56. The number of aromatic nitrogens is 1. The van der Waals surface area contributed by atoms with Crippen molar-refractivity contribution in [3.63, 3.8) is 0 Å². The minimum absolute atomic E-state index is 0.0553. The molecule has 0 fully saturated rings. The molecule has 0 bridgehead atoms. The van der Waals surface area contributed by atoms with Gasteiger partial charge in [-0.1, -0.05) is 23.5 Å². The van der Waals surface area contributed by atoms with Crippen LogP contribution in [0.25, 0.3) is 10.2 Å². The summed E-state index contributed by atoms with van der Waals surface area (Å²) in [4.78, 5) is 32.1. The van der Waals surface area contributed by atoms with Gasteiger partial charge in [-0.25, -0.2) is 9.98 Å². The van der Waals surface area contributed by atoms with Crippen molar-refractivity contribution >= 4 is 44.1 Å². The number of hydrogen-bond donors (Lipinski definition) is 1. The molecule has 6 nitrogen and oxygen atoms in total. The van der Waals surface area contributed by atoms with Crippen LogP contribution in [-0.2, 0) is 14.3 Å². The van der Waals surface area contributed by atoms with Gasteiger partial charge >= 0.3 is 12.1 Å². The van der Waals surface area contributed by atoms with Gasteiger partial charge in [-0.15, -0.1) is 0 Å². The number of halogens is 3. The molecule has 1 aliphatic rings. The molecule has 3 rings (SSSR count). The zero-order valence-corrected chi connectivity index (χ0v) is 14.6. The summed E-state index contributed by atoms with van der Waals surface area (Å²) in [5.74, 6) is -4.16. The Labute approximate surface area is 150 Å². The van der Waals surface area contributed by atoms with Crippen molar-refractivity contribution in [1.29, 1.82) is 0 Å². The number of hydrogen-bond acceptors (Lipinski definition) is 7. The average molecular weight is 385 g/mol. The van der Waals surface area contributed by atoms with Crippen LogP contribution in [0.15, 0.2) is 29.3 Å². The molecule has 0 spiro atoms. The maximum Gasteiger partial charge on any atom is 0.439 e. The van der Waals surface area contributed by atoms with Crippen molar-refractivity contribution in [2.75, 3.05) is 11.9 Å². The van der Waals surface area contributed by atoms with Gasteiger partial charge in [-0.2, -0.15) is 13.2 Å². The summed E-state index contributed by atoms with van der Waals surface area (Å²) in [6, 6.07) is 6.77. The van der Waals surface area contributed by atoms with Crippen LogP contribution >= 0.6 is 11.3 Å². The first-order chi connectivity index (χ1) is 12.2. The van der Waals surface area contributed by atoms with E-state index in [9.17, 15) is 22.8 Å². The van der Waals surface area contributed by atoms with Crippen LogP contribution in [-0.4, -0.2) is 40.9 Å². The highest BCUT2D eigenvalue weighted by Crippen LogP contribution is 2.43.